The highest BCUT2D eigenvalue weighted by atomic mass is 16.5. The van der Waals surface area contributed by atoms with Crippen molar-refractivity contribution in [3.8, 4) is 0 Å². The summed E-state index contributed by atoms with van der Waals surface area (Å²) >= 11 is 0. The number of carboxylic acid groups (broad SMARTS) is 2. The summed E-state index contributed by atoms with van der Waals surface area (Å²) in [4.78, 5) is 19.2. The highest BCUT2D eigenvalue weighted by Gasteiger charge is 2.26. The summed E-state index contributed by atoms with van der Waals surface area (Å²) in [6, 6.07) is 0. The Bertz CT molecular complexity index is 304. The lowest BCUT2D eigenvalue weighted by atomic mass is 10.0. The summed E-state index contributed by atoms with van der Waals surface area (Å²) in [6.07, 6.45) is 0.761. The number of aliphatic hydroxyl groups excluding tert-OH is 2. The minimum atomic E-state index is -0.935. The standard InChI is InChI=1S/C6H12O3.2C4H6O2/c7-3-5-1-2-9-6(5)4-8;2*1-3(2)4(5)6/h5-8H,1-4H2;2*1H2,2H3,(H,5,6). The predicted molar refractivity (Wildman–Crippen MR) is 76.9 cm³/mol. The molecular weight excluding hydrogens is 280 g/mol. The van der Waals surface area contributed by atoms with E-state index in [1.165, 1.54) is 13.8 Å². The van der Waals surface area contributed by atoms with Gasteiger partial charge in [0.2, 0.25) is 0 Å². The maximum Gasteiger partial charge on any atom is 0.330 e. The third kappa shape index (κ3) is 11.8. The van der Waals surface area contributed by atoms with E-state index in [0.717, 1.165) is 6.42 Å². The first-order valence-corrected chi connectivity index (χ1v) is 6.28. The third-order valence-corrected chi connectivity index (χ3v) is 2.49. The molecule has 2 unspecified atom stereocenters. The Morgan fingerprint density at radius 3 is 1.62 bits per heavy atom. The number of carbonyl (C=O) groups is 2. The van der Waals surface area contributed by atoms with Crippen molar-refractivity contribution in [1.29, 1.82) is 0 Å². The lowest BCUT2D eigenvalue weighted by Gasteiger charge is -2.11. The summed E-state index contributed by atoms with van der Waals surface area (Å²) in [5.74, 6) is -1.71. The fourth-order valence-electron chi connectivity index (χ4n) is 1.10. The van der Waals surface area contributed by atoms with Gasteiger partial charge in [0.15, 0.2) is 0 Å². The Morgan fingerprint density at radius 1 is 1.05 bits per heavy atom. The van der Waals surface area contributed by atoms with Crippen LogP contribution in [0.25, 0.3) is 0 Å². The van der Waals surface area contributed by atoms with Gasteiger partial charge in [-0.15, -0.1) is 0 Å². The minimum Gasteiger partial charge on any atom is -0.478 e. The van der Waals surface area contributed by atoms with E-state index in [4.69, 9.17) is 25.2 Å². The molecule has 1 saturated heterocycles. The molecule has 1 heterocycles. The molecule has 0 aromatic carbocycles. The molecule has 0 aromatic heterocycles. The molecule has 1 fully saturated rings. The van der Waals surface area contributed by atoms with Gasteiger partial charge in [-0.2, -0.15) is 0 Å². The van der Waals surface area contributed by atoms with Crippen molar-refractivity contribution in [1.82, 2.24) is 0 Å². The van der Waals surface area contributed by atoms with Gasteiger partial charge in [-0.25, -0.2) is 9.59 Å². The molecule has 2 atom stereocenters. The van der Waals surface area contributed by atoms with E-state index < -0.39 is 11.9 Å². The number of carboxylic acids is 2. The van der Waals surface area contributed by atoms with Crippen molar-refractivity contribution in [2.24, 2.45) is 5.92 Å². The topological polar surface area (TPSA) is 124 Å². The molecule has 1 aliphatic heterocycles. The Morgan fingerprint density at radius 2 is 1.43 bits per heavy atom. The van der Waals surface area contributed by atoms with Crippen molar-refractivity contribution in [3.63, 3.8) is 0 Å². The average molecular weight is 304 g/mol. The SMILES string of the molecule is C=C(C)C(=O)O.C=C(C)C(=O)O.OCC1CCOC1CO. The molecule has 7 heteroatoms. The summed E-state index contributed by atoms with van der Waals surface area (Å²) in [5, 5.41) is 33.1. The smallest absolute Gasteiger partial charge is 0.330 e. The molecule has 1 rings (SSSR count). The van der Waals surface area contributed by atoms with Crippen LogP contribution in [0.1, 0.15) is 20.3 Å². The molecule has 0 aliphatic carbocycles. The first-order chi connectivity index (χ1) is 9.67. The van der Waals surface area contributed by atoms with Crippen molar-refractivity contribution in [2.45, 2.75) is 26.4 Å². The van der Waals surface area contributed by atoms with Crippen molar-refractivity contribution in [2.75, 3.05) is 19.8 Å². The Kier molecular flexibility index (Phi) is 12.4. The van der Waals surface area contributed by atoms with Crippen LogP contribution in [0, 0.1) is 5.92 Å². The summed E-state index contributed by atoms with van der Waals surface area (Å²) in [5.41, 5.74) is 0.352. The zero-order valence-corrected chi connectivity index (χ0v) is 12.4. The molecule has 4 N–H and O–H groups in total. The van der Waals surface area contributed by atoms with Gasteiger partial charge in [0, 0.05) is 30.3 Å². The number of hydrogen-bond donors (Lipinski definition) is 4. The van der Waals surface area contributed by atoms with Gasteiger partial charge in [-0.3, -0.25) is 0 Å². The fourth-order valence-corrected chi connectivity index (χ4v) is 1.10. The van der Waals surface area contributed by atoms with Gasteiger partial charge in [0.05, 0.1) is 12.7 Å². The van der Waals surface area contributed by atoms with Gasteiger partial charge in [-0.1, -0.05) is 13.2 Å². The van der Waals surface area contributed by atoms with Crippen LogP contribution in [0.3, 0.4) is 0 Å². The van der Waals surface area contributed by atoms with E-state index in [2.05, 4.69) is 13.2 Å². The Labute approximate surface area is 124 Å². The van der Waals surface area contributed by atoms with Gasteiger partial charge < -0.3 is 25.2 Å². The van der Waals surface area contributed by atoms with Crippen molar-refractivity contribution >= 4 is 11.9 Å². The summed E-state index contributed by atoms with van der Waals surface area (Å²) in [6.45, 7) is 10.0. The van der Waals surface area contributed by atoms with Crippen molar-refractivity contribution in [3.05, 3.63) is 24.3 Å². The molecule has 0 spiro atoms. The molecule has 0 radical (unpaired) electrons. The van der Waals surface area contributed by atoms with E-state index in [1.807, 2.05) is 0 Å². The Balaban J connectivity index is 0. The van der Waals surface area contributed by atoms with Crippen LogP contribution in [-0.4, -0.2) is 58.3 Å². The predicted octanol–water partition coefficient (Wildman–Crippen LogP) is 0.670. The van der Waals surface area contributed by atoms with Crippen LogP contribution in [0.5, 0.6) is 0 Å². The first kappa shape index (κ1) is 21.6. The molecule has 21 heavy (non-hydrogen) atoms. The van der Waals surface area contributed by atoms with E-state index in [9.17, 15) is 9.59 Å². The van der Waals surface area contributed by atoms with Crippen LogP contribution in [0.2, 0.25) is 0 Å². The number of rotatable bonds is 4. The normalized spacial score (nSPS) is 19.4. The van der Waals surface area contributed by atoms with Crippen LogP contribution in [0.4, 0.5) is 0 Å². The number of aliphatic carboxylic acids is 2. The Hall–Kier alpha value is -1.70. The van der Waals surface area contributed by atoms with Gasteiger partial charge in [0.25, 0.3) is 0 Å². The summed E-state index contributed by atoms with van der Waals surface area (Å²) in [7, 11) is 0. The lowest BCUT2D eigenvalue weighted by Crippen LogP contribution is -2.22. The van der Waals surface area contributed by atoms with Crippen LogP contribution < -0.4 is 0 Å². The molecule has 0 bridgehead atoms. The second-order valence-corrected chi connectivity index (χ2v) is 4.49. The van der Waals surface area contributed by atoms with Gasteiger partial charge in [-0.05, 0) is 20.3 Å². The fraction of sp³-hybridized carbons (Fsp3) is 0.571. The summed E-state index contributed by atoms with van der Waals surface area (Å²) < 4.78 is 5.10. The zero-order chi connectivity index (χ0) is 17.0. The second kappa shape index (κ2) is 12.1. The number of hydrogen-bond acceptors (Lipinski definition) is 5. The quantitative estimate of drug-likeness (QED) is 0.563. The lowest BCUT2D eigenvalue weighted by molar-refractivity contribution is -0.133. The second-order valence-electron chi connectivity index (χ2n) is 4.49. The monoisotopic (exact) mass is 304 g/mol. The minimum absolute atomic E-state index is 0.0330. The van der Waals surface area contributed by atoms with E-state index in [-0.39, 0.29) is 36.4 Å². The van der Waals surface area contributed by atoms with Crippen LogP contribution in [-0.2, 0) is 14.3 Å². The molecule has 0 saturated carbocycles. The largest absolute Gasteiger partial charge is 0.478 e. The van der Waals surface area contributed by atoms with E-state index in [1.54, 1.807) is 0 Å². The maximum atomic E-state index is 9.60. The highest BCUT2D eigenvalue weighted by molar-refractivity contribution is 5.85. The van der Waals surface area contributed by atoms with E-state index in [0.29, 0.717) is 6.61 Å². The molecule has 0 amide bonds. The molecule has 7 nitrogen and oxygen atoms in total. The molecular formula is C14H24O7. The number of ether oxygens (including phenoxy) is 1. The van der Waals surface area contributed by atoms with Crippen LogP contribution >= 0.6 is 0 Å². The van der Waals surface area contributed by atoms with Crippen molar-refractivity contribution < 1.29 is 34.8 Å². The van der Waals surface area contributed by atoms with Crippen LogP contribution in [0.15, 0.2) is 24.3 Å². The molecule has 122 valence electrons. The van der Waals surface area contributed by atoms with E-state index >= 15 is 0 Å². The molecule has 0 aromatic rings. The van der Waals surface area contributed by atoms with Gasteiger partial charge in [0.1, 0.15) is 0 Å². The maximum absolute atomic E-state index is 9.60. The van der Waals surface area contributed by atoms with Gasteiger partial charge >= 0.3 is 11.9 Å². The highest BCUT2D eigenvalue weighted by Crippen LogP contribution is 2.19. The average Bonchev–Trinajstić information content (AvgIpc) is 2.87. The number of aliphatic hydroxyl groups is 2. The third-order valence-electron chi connectivity index (χ3n) is 2.49. The first-order valence-electron chi connectivity index (χ1n) is 6.28. The zero-order valence-electron chi connectivity index (χ0n) is 12.4. The molecule has 1 aliphatic rings.